The quantitative estimate of drug-likeness (QED) is 0.824. The van der Waals surface area contributed by atoms with Gasteiger partial charge in [-0.15, -0.1) is 0 Å². The summed E-state index contributed by atoms with van der Waals surface area (Å²) in [6.07, 6.45) is 6.54. The normalized spacial score (nSPS) is 14.3. The monoisotopic (exact) mass is 243 g/mol. The zero-order chi connectivity index (χ0) is 12.5. The van der Waals surface area contributed by atoms with Crippen LogP contribution in [-0.2, 0) is 12.8 Å². The second-order valence-corrected chi connectivity index (χ2v) is 4.68. The van der Waals surface area contributed by atoms with Gasteiger partial charge in [0, 0.05) is 23.5 Å². The number of hydrogen-bond donors (Lipinski definition) is 1. The van der Waals surface area contributed by atoms with Gasteiger partial charge in [-0.2, -0.15) is 0 Å². The lowest BCUT2D eigenvalue weighted by Gasteiger charge is -2.15. The summed E-state index contributed by atoms with van der Waals surface area (Å²) in [5, 5.41) is 0. The van der Waals surface area contributed by atoms with Crippen molar-refractivity contribution in [2.45, 2.75) is 25.7 Å². The molecule has 0 atom stereocenters. The predicted molar refractivity (Wildman–Crippen MR) is 71.2 cm³/mol. The van der Waals surface area contributed by atoms with Crippen LogP contribution >= 0.6 is 0 Å². The number of benzene rings is 1. The molecule has 0 saturated carbocycles. The number of nitrogens with two attached hydrogens (primary N) is 1. The van der Waals surface area contributed by atoms with Crippen LogP contribution in [0.2, 0.25) is 0 Å². The number of imidazole rings is 1. The van der Waals surface area contributed by atoms with E-state index in [0.29, 0.717) is 5.69 Å². The van der Waals surface area contributed by atoms with Gasteiger partial charge in [-0.25, -0.2) is 4.98 Å². The number of nitrogens with zero attached hydrogens (tertiary/aromatic N) is 2. The third-order valence-corrected chi connectivity index (χ3v) is 3.46. The van der Waals surface area contributed by atoms with E-state index >= 15 is 0 Å². The minimum absolute atomic E-state index is 0.711. The summed E-state index contributed by atoms with van der Waals surface area (Å²) in [5.41, 5.74) is 10.2. The van der Waals surface area contributed by atoms with Crippen molar-refractivity contribution in [3.63, 3.8) is 0 Å². The van der Waals surface area contributed by atoms with Gasteiger partial charge in [-0.1, -0.05) is 0 Å². The fraction of sp³-hybridized carbons (Fsp3) is 0.357. The van der Waals surface area contributed by atoms with E-state index in [4.69, 9.17) is 10.5 Å². The predicted octanol–water partition coefficient (Wildman–Crippen LogP) is 2.34. The molecule has 0 radical (unpaired) electrons. The molecule has 2 N–H and O–H groups in total. The van der Waals surface area contributed by atoms with Gasteiger partial charge in [0.15, 0.2) is 0 Å². The lowest BCUT2D eigenvalue weighted by atomic mass is 10.0. The number of fused-ring (bicyclic) bond motifs is 1. The Balaban J connectivity index is 2.09. The van der Waals surface area contributed by atoms with Gasteiger partial charge in [0.2, 0.25) is 0 Å². The molecule has 0 fully saturated rings. The average molecular weight is 243 g/mol. The molecule has 4 heteroatoms. The molecule has 4 nitrogen and oxygen atoms in total. The number of rotatable bonds is 2. The molecule has 18 heavy (non-hydrogen) atoms. The van der Waals surface area contributed by atoms with Crippen molar-refractivity contribution >= 4 is 5.69 Å². The van der Waals surface area contributed by atoms with Crippen LogP contribution in [0.3, 0.4) is 0 Å². The second kappa shape index (κ2) is 4.37. The molecule has 1 aromatic carbocycles. The van der Waals surface area contributed by atoms with E-state index in [2.05, 4.69) is 9.55 Å². The highest BCUT2D eigenvalue weighted by atomic mass is 16.5. The van der Waals surface area contributed by atoms with E-state index in [1.54, 1.807) is 7.11 Å². The van der Waals surface area contributed by atoms with Gasteiger partial charge in [0.05, 0.1) is 24.8 Å². The van der Waals surface area contributed by atoms with Gasteiger partial charge in [0.1, 0.15) is 5.75 Å². The summed E-state index contributed by atoms with van der Waals surface area (Å²) in [6, 6.07) is 5.78. The third kappa shape index (κ3) is 1.83. The molecule has 1 heterocycles. The highest BCUT2D eigenvalue weighted by molar-refractivity contribution is 5.54. The molecule has 0 bridgehead atoms. The van der Waals surface area contributed by atoms with E-state index in [0.717, 1.165) is 24.3 Å². The van der Waals surface area contributed by atoms with Crippen LogP contribution in [0, 0.1) is 0 Å². The van der Waals surface area contributed by atoms with Crippen molar-refractivity contribution in [2.24, 2.45) is 0 Å². The number of anilines is 1. The summed E-state index contributed by atoms with van der Waals surface area (Å²) in [6.45, 7) is 0. The number of aromatic nitrogens is 2. The Kier molecular flexibility index (Phi) is 2.70. The van der Waals surface area contributed by atoms with Crippen molar-refractivity contribution in [1.29, 1.82) is 0 Å². The SMILES string of the molecule is COc1cc(N)cc(-n2cnc3c2CCCC3)c1. The van der Waals surface area contributed by atoms with E-state index in [9.17, 15) is 0 Å². The first-order valence-corrected chi connectivity index (χ1v) is 6.28. The maximum absolute atomic E-state index is 5.90. The molecule has 2 aromatic rings. The van der Waals surface area contributed by atoms with Crippen molar-refractivity contribution in [3.8, 4) is 11.4 Å². The van der Waals surface area contributed by atoms with Gasteiger partial charge < -0.3 is 15.0 Å². The fourth-order valence-corrected chi connectivity index (χ4v) is 2.55. The molecular formula is C14H17N3O. The Morgan fingerprint density at radius 2 is 2.06 bits per heavy atom. The lowest BCUT2D eigenvalue weighted by Crippen LogP contribution is -2.07. The fourth-order valence-electron chi connectivity index (χ4n) is 2.55. The number of methoxy groups -OCH3 is 1. The molecule has 0 aliphatic heterocycles. The maximum atomic E-state index is 5.90. The molecule has 1 aliphatic carbocycles. The Labute approximate surface area is 106 Å². The molecule has 0 unspecified atom stereocenters. The number of hydrogen-bond acceptors (Lipinski definition) is 3. The van der Waals surface area contributed by atoms with Crippen LogP contribution < -0.4 is 10.5 Å². The number of nitrogen functional groups attached to an aromatic ring is 1. The zero-order valence-electron chi connectivity index (χ0n) is 10.5. The molecule has 0 saturated heterocycles. The first kappa shape index (κ1) is 11.1. The molecule has 3 rings (SSSR count). The first-order valence-electron chi connectivity index (χ1n) is 6.28. The van der Waals surface area contributed by atoms with Gasteiger partial charge in [-0.3, -0.25) is 0 Å². The van der Waals surface area contributed by atoms with Crippen LogP contribution in [-0.4, -0.2) is 16.7 Å². The molecule has 1 aromatic heterocycles. The molecule has 0 spiro atoms. The van der Waals surface area contributed by atoms with Gasteiger partial charge >= 0.3 is 0 Å². The van der Waals surface area contributed by atoms with E-state index in [1.807, 2.05) is 24.5 Å². The largest absolute Gasteiger partial charge is 0.497 e. The second-order valence-electron chi connectivity index (χ2n) is 4.68. The molecular weight excluding hydrogens is 226 g/mol. The first-order chi connectivity index (χ1) is 8.78. The van der Waals surface area contributed by atoms with E-state index in [1.165, 1.54) is 24.2 Å². The Morgan fingerprint density at radius 1 is 1.22 bits per heavy atom. The summed E-state index contributed by atoms with van der Waals surface area (Å²) >= 11 is 0. The highest BCUT2D eigenvalue weighted by Gasteiger charge is 2.16. The molecule has 94 valence electrons. The summed E-state index contributed by atoms with van der Waals surface area (Å²) in [7, 11) is 1.65. The topological polar surface area (TPSA) is 53.1 Å². The summed E-state index contributed by atoms with van der Waals surface area (Å²) in [5.74, 6) is 0.781. The van der Waals surface area contributed by atoms with Crippen molar-refractivity contribution < 1.29 is 4.74 Å². The van der Waals surface area contributed by atoms with Gasteiger partial charge in [0.25, 0.3) is 0 Å². The smallest absolute Gasteiger partial charge is 0.123 e. The van der Waals surface area contributed by atoms with Crippen LogP contribution in [0.25, 0.3) is 5.69 Å². The highest BCUT2D eigenvalue weighted by Crippen LogP contribution is 2.26. The van der Waals surface area contributed by atoms with Crippen LogP contribution in [0.1, 0.15) is 24.2 Å². The average Bonchev–Trinajstić information content (AvgIpc) is 2.81. The molecule has 1 aliphatic rings. The molecule has 0 amide bonds. The third-order valence-electron chi connectivity index (χ3n) is 3.46. The Morgan fingerprint density at radius 3 is 2.89 bits per heavy atom. The van der Waals surface area contributed by atoms with Crippen LogP contribution in [0.5, 0.6) is 5.75 Å². The summed E-state index contributed by atoms with van der Waals surface area (Å²) in [4.78, 5) is 4.50. The standard InChI is InChI=1S/C14H17N3O/c1-18-12-7-10(15)6-11(8-12)17-9-16-13-4-2-3-5-14(13)17/h6-9H,2-5,15H2,1H3. The van der Waals surface area contributed by atoms with Crippen LogP contribution in [0.4, 0.5) is 5.69 Å². The van der Waals surface area contributed by atoms with E-state index in [-0.39, 0.29) is 0 Å². The van der Waals surface area contributed by atoms with Crippen molar-refractivity contribution in [1.82, 2.24) is 9.55 Å². The lowest BCUT2D eigenvalue weighted by molar-refractivity contribution is 0.415. The van der Waals surface area contributed by atoms with Gasteiger partial charge in [-0.05, 0) is 31.7 Å². The zero-order valence-corrected chi connectivity index (χ0v) is 10.5. The number of ether oxygens (including phenoxy) is 1. The van der Waals surface area contributed by atoms with Crippen molar-refractivity contribution in [2.75, 3.05) is 12.8 Å². The Hall–Kier alpha value is -1.97. The Bertz CT molecular complexity index is 574. The summed E-state index contributed by atoms with van der Waals surface area (Å²) < 4.78 is 7.40. The number of aryl methyl sites for hydroxylation is 1. The maximum Gasteiger partial charge on any atom is 0.123 e. The minimum Gasteiger partial charge on any atom is -0.497 e. The van der Waals surface area contributed by atoms with Crippen molar-refractivity contribution in [3.05, 3.63) is 35.9 Å². The van der Waals surface area contributed by atoms with E-state index < -0.39 is 0 Å². The minimum atomic E-state index is 0.711. The van der Waals surface area contributed by atoms with Crippen LogP contribution in [0.15, 0.2) is 24.5 Å².